The van der Waals surface area contributed by atoms with Crippen LogP contribution >= 0.6 is 0 Å². The summed E-state index contributed by atoms with van der Waals surface area (Å²) in [7, 11) is 1.93. The van der Waals surface area contributed by atoms with Gasteiger partial charge in [-0.1, -0.05) is 6.92 Å². The summed E-state index contributed by atoms with van der Waals surface area (Å²) in [6, 6.07) is 3.94. The maximum atomic E-state index is 10.0. The predicted octanol–water partition coefficient (Wildman–Crippen LogP) is 2.07. The van der Waals surface area contributed by atoms with Crippen LogP contribution in [0.4, 0.5) is 0 Å². The van der Waals surface area contributed by atoms with Crippen LogP contribution in [0.5, 0.6) is 0 Å². The van der Waals surface area contributed by atoms with Crippen molar-refractivity contribution in [2.45, 2.75) is 32.9 Å². The molecule has 0 fully saturated rings. The second-order valence-corrected chi connectivity index (χ2v) is 6.03. The Balaban J connectivity index is 2.24. The van der Waals surface area contributed by atoms with E-state index >= 15 is 0 Å². The molecule has 0 spiro atoms. The number of likely N-dealkylation sites (N-methyl/N-ethyl adjacent to an activating group) is 1. The van der Waals surface area contributed by atoms with Gasteiger partial charge in [0.05, 0.1) is 11.3 Å². The van der Waals surface area contributed by atoms with Gasteiger partial charge in [-0.25, -0.2) is 0 Å². The summed E-state index contributed by atoms with van der Waals surface area (Å²) in [6.45, 7) is 8.06. The van der Waals surface area contributed by atoms with Crippen LogP contribution in [0.2, 0.25) is 0 Å². The van der Waals surface area contributed by atoms with Crippen LogP contribution in [0.3, 0.4) is 0 Å². The Morgan fingerprint density at radius 2 is 1.95 bits per heavy atom. The first-order chi connectivity index (χ1) is 9.89. The minimum Gasteiger partial charge on any atom is -0.389 e. The summed E-state index contributed by atoms with van der Waals surface area (Å²) in [6.07, 6.45) is 5.60. The molecule has 0 bridgehead atoms. The summed E-state index contributed by atoms with van der Waals surface area (Å²) >= 11 is 0. The SMILES string of the molecule is CCN(Cc1cn(C)nc1-c1ccncc1)CC(C)(C)O. The van der Waals surface area contributed by atoms with Gasteiger partial charge in [-0.05, 0) is 32.5 Å². The fraction of sp³-hybridized carbons (Fsp3) is 0.500. The van der Waals surface area contributed by atoms with Crippen molar-refractivity contribution in [1.29, 1.82) is 0 Å². The zero-order valence-electron chi connectivity index (χ0n) is 13.2. The van der Waals surface area contributed by atoms with E-state index in [1.54, 1.807) is 12.4 Å². The second-order valence-electron chi connectivity index (χ2n) is 6.03. The van der Waals surface area contributed by atoms with Crippen molar-refractivity contribution in [3.05, 3.63) is 36.3 Å². The molecule has 0 atom stereocenters. The molecule has 0 radical (unpaired) electrons. The average molecular weight is 288 g/mol. The summed E-state index contributed by atoms with van der Waals surface area (Å²) in [5, 5.41) is 14.6. The number of aromatic nitrogens is 3. The molecule has 2 rings (SSSR count). The summed E-state index contributed by atoms with van der Waals surface area (Å²) in [5.74, 6) is 0. The molecule has 2 heterocycles. The van der Waals surface area contributed by atoms with Gasteiger partial charge in [0.15, 0.2) is 0 Å². The van der Waals surface area contributed by atoms with Gasteiger partial charge in [0, 0.05) is 49.9 Å². The van der Waals surface area contributed by atoms with E-state index in [1.807, 2.05) is 43.9 Å². The molecule has 0 unspecified atom stereocenters. The number of aliphatic hydroxyl groups is 1. The molecule has 0 aliphatic heterocycles. The molecule has 0 saturated heterocycles. The van der Waals surface area contributed by atoms with Crippen LogP contribution in [0.15, 0.2) is 30.7 Å². The Morgan fingerprint density at radius 3 is 2.52 bits per heavy atom. The fourth-order valence-corrected chi connectivity index (χ4v) is 2.47. The molecule has 0 aliphatic rings. The molecular formula is C16H24N4O. The second kappa shape index (κ2) is 6.37. The highest BCUT2D eigenvalue weighted by Crippen LogP contribution is 2.23. The van der Waals surface area contributed by atoms with Crippen LogP contribution in [0.25, 0.3) is 11.3 Å². The van der Waals surface area contributed by atoms with Gasteiger partial charge in [-0.3, -0.25) is 14.6 Å². The van der Waals surface area contributed by atoms with E-state index in [-0.39, 0.29) is 0 Å². The topological polar surface area (TPSA) is 54.2 Å². The Kier molecular flexibility index (Phi) is 4.75. The van der Waals surface area contributed by atoms with Crippen molar-refractivity contribution < 1.29 is 5.11 Å². The first-order valence-electron chi connectivity index (χ1n) is 7.26. The molecule has 0 aliphatic carbocycles. The van der Waals surface area contributed by atoms with Crippen LogP contribution in [-0.2, 0) is 13.6 Å². The monoisotopic (exact) mass is 288 g/mol. The number of nitrogens with zero attached hydrogens (tertiary/aromatic N) is 4. The van der Waals surface area contributed by atoms with Gasteiger partial charge in [0.25, 0.3) is 0 Å². The normalized spacial score (nSPS) is 12.1. The zero-order valence-corrected chi connectivity index (χ0v) is 13.2. The summed E-state index contributed by atoms with van der Waals surface area (Å²) < 4.78 is 1.84. The Bertz CT molecular complexity index is 572. The number of rotatable bonds is 6. The maximum Gasteiger partial charge on any atom is 0.0969 e. The van der Waals surface area contributed by atoms with E-state index in [9.17, 15) is 5.11 Å². The van der Waals surface area contributed by atoms with E-state index in [4.69, 9.17) is 0 Å². The van der Waals surface area contributed by atoms with Crippen molar-refractivity contribution in [3.63, 3.8) is 0 Å². The molecule has 5 nitrogen and oxygen atoms in total. The van der Waals surface area contributed by atoms with E-state index < -0.39 is 5.60 Å². The minimum absolute atomic E-state index is 0.633. The van der Waals surface area contributed by atoms with Gasteiger partial charge in [0.1, 0.15) is 0 Å². The molecule has 0 saturated carbocycles. The maximum absolute atomic E-state index is 10.0. The average Bonchev–Trinajstić information content (AvgIpc) is 2.78. The van der Waals surface area contributed by atoms with Crippen LogP contribution in [0.1, 0.15) is 26.3 Å². The van der Waals surface area contributed by atoms with Crippen LogP contribution < -0.4 is 0 Å². The van der Waals surface area contributed by atoms with Gasteiger partial charge < -0.3 is 5.11 Å². The van der Waals surface area contributed by atoms with Crippen molar-refractivity contribution in [2.75, 3.05) is 13.1 Å². The van der Waals surface area contributed by atoms with Gasteiger partial charge in [0.2, 0.25) is 0 Å². The van der Waals surface area contributed by atoms with Gasteiger partial charge in [-0.15, -0.1) is 0 Å². The highest BCUT2D eigenvalue weighted by Gasteiger charge is 2.19. The standard InChI is InChI=1S/C16H24N4O/c1-5-20(12-16(2,3)21)11-14-10-19(4)18-15(14)13-6-8-17-9-7-13/h6-10,21H,5,11-12H2,1-4H3. The lowest BCUT2D eigenvalue weighted by atomic mass is 10.1. The Hall–Kier alpha value is -1.72. The number of hydrogen-bond acceptors (Lipinski definition) is 4. The largest absolute Gasteiger partial charge is 0.389 e. The predicted molar refractivity (Wildman–Crippen MR) is 83.7 cm³/mol. The molecule has 2 aromatic heterocycles. The highest BCUT2D eigenvalue weighted by molar-refractivity contribution is 5.61. The molecule has 114 valence electrons. The molecule has 21 heavy (non-hydrogen) atoms. The summed E-state index contributed by atoms with van der Waals surface area (Å²) in [5.41, 5.74) is 2.51. The molecule has 1 N–H and O–H groups in total. The first-order valence-corrected chi connectivity index (χ1v) is 7.26. The fourth-order valence-electron chi connectivity index (χ4n) is 2.47. The Labute approximate surface area is 126 Å². The number of aryl methyl sites for hydroxylation is 1. The van der Waals surface area contributed by atoms with E-state index in [2.05, 4.69) is 21.9 Å². The molecule has 5 heteroatoms. The first kappa shape index (κ1) is 15.7. The zero-order chi connectivity index (χ0) is 15.5. The lowest BCUT2D eigenvalue weighted by Crippen LogP contribution is -2.38. The van der Waals surface area contributed by atoms with Crippen molar-refractivity contribution in [1.82, 2.24) is 19.7 Å². The Morgan fingerprint density at radius 1 is 1.29 bits per heavy atom. The summed E-state index contributed by atoms with van der Waals surface area (Å²) in [4.78, 5) is 6.28. The van der Waals surface area contributed by atoms with Crippen molar-refractivity contribution in [2.24, 2.45) is 7.05 Å². The lowest BCUT2D eigenvalue weighted by Gasteiger charge is -2.27. The van der Waals surface area contributed by atoms with Crippen molar-refractivity contribution >= 4 is 0 Å². The smallest absolute Gasteiger partial charge is 0.0969 e. The van der Waals surface area contributed by atoms with Crippen LogP contribution in [0, 0.1) is 0 Å². The van der Waals surface area contributed by atoms with Crippen molar-refractivity contribution in [3.8, 4) is 11.3 Å². The molecule has 0 amide bonds. The molecule has 0 aromatic carbocycles. The molecular weight excluding hydrogens is 264 g/mol. The van der Waals surface area contributed by atoms with E-state index in [0.29, 0.717) is 6.54 Å². The third-order valence-corrected chi connectivity index (χ3v) is 3.31. The highest BCUT2D eigenvalue weighted by atomic mass is 16.3. The van der Waals surface area contributed by atoms with E-state index in [0.717, 1.165) is 29.9 Å². The van der Waals surface area contributed by atoms with E-state index in [1.165, 1.54) is 0 Å². The third kappa shape index (κ3) is 4.37. The number of hydrogen-bond donors (Lipinski definition) is 1. The minimum atomic E-state index is -0.699. The quantitative estimate of drug-likeness (QED) is 0.884. The number of pyridine rings is 1. The van der Waals surface area contributed by atoms with Gasteiger partial charge >= 0.3 is 0 Å². The third-order valence-electron chi connectivity index (χ3n) is 3.31. The molecule has 2 aromatic rings. The van der Waals surface area contributed by atoms with Gasteiger partial charge in [-0.2, -0.15) is 5.10 Å². The lowest BCUT2D eigenvalue weighted by molar-refractivity contribution is 0.0354. The van der Waals surface area contributed by atoms with Crippen LogP contribution in [-0.4, -0.2) is 43.5 Å².